The number of rotatable bonds is 6. The predicted molar refractivity (Wildman–Crippen MR) is 54.8 cm³/mol. The average Bonchev–Trinajstić information content (AvgIpc) is 2.98. The van der Waals surface area contributed by atoms with Crippen LogP contribution in [-0.2, 0) is 9.59 Å². The van der Waals surface area contributed by atoms with E-state index in [1.54, 1.807) is 0 Å². The minimum Gasteiger partial charge on any atom is -0.481 e. The van der Waals surface area contributed by atoms with Gasteiger partial charge in [0.2, 0.25) is 5.91 Å². The van der Waals surface area contributed by atoms with Crippen LogP contribution in [0.25, 0.3) is 0 Å². The largest absolute Gasteiger partial charge is 0.481 e. The summed E-state index contributed by atoms with van der Waals surface area (Å²) in [4.78, 5) is 32.3. The van der Waals surface area contributed by atoms with Crippen molar-refractivity contribution in [3.8, 4) is 0 Å². The molecule has 90 valence electrons. The van der Waals surface area contributed by atoms with Crippen molar-refractivity contribution in [2.75, 3.05) is 13.1 Å². The van der Waals surface area contributed by atoms with Crippen LogP contribution >= 0.6 is 0 Å². The molecule has 0 aliphatic heterocycles. The van der Waals surface area contributed by atoms with Crippen molar-refractivity contribution < 1.29 is 19.5 Å². The molecule has 0 spiro atoms. The number of carboxylic acid groups (broad SMARTS) is 1. The molecular formula is C9H15N3O4. The Morgan fingerprint density at radius 2 is 1.88 bits per heavy atom. The lowest BCUT2D eigenvalue weighted by Crippen LogP contribution is -2.43. The third-order valence-corrected chi connectivity index (χ3v) is 1.98. The van der Waals surface area contributed by atoms with E-state index in [0.29, 0.717) is 0 Å². The van der Waals surface area contributed by atoms with Gasteiger partial charge in [0, 0.05) is 12.6 Å². The molecule has 0 heterocycles. The van der Waals surface area contributed by atoms with E-state index in [0.717, 1.165) is 12.8 Å². The van der Waals surface area contributed by atoms with Crippen molar-refractivity contribution in [3.05, 3.63) is 0 Å². The van der Waals surface area contributed by atoms with Gasteiger partial charge in [0.05, 0.1) is 13.0 Å². The summed E-state index contributed by atoms with van der Waals surface area (Å²) in [5.74, 6) is -1.21. The van der Waals surface area contributed by atoms with Gasteiger partial charge in [-0.05, 0) is 12.8 Å². The Hall–Kier alpha value is -1.79. The van der Waals surface area contributed by atoms with Gasteiger partial charge >= 0.3 is 12.0 Å². The fourth-order valence-electron chi connectivity index (χ4n) is 1.01. The second-order valence-corrected chi connectivity index (χ2v) is 3.59. The zero-order valence-corrected chi connectivity index (χ0v) is 8.78. The average molecular weight is 229 g/mol. The molecule has 4 N–H and O–H groups in total. The van der Waals surface area contributed by atoms with E-state index in [4.69, 9.17) is 5.11 Å². The van der Waals surface area contributed by atoms with Gasteiger partial charge in [0.15, 0.2) is 0 Å². The van der Waals surface area contributed by atoms with Crippen molar-refractivity contribution >= 4 is 17.9 Å². The molecule has 0 bridgehead atoms. The standard InChI is InChI=1S/C9H15N3O4/c13-7(12-6-1-2-6)5-11-9(16)10-4-3-8(14)15/h6H,1-5H2,(H,12,13)(H,14,15)(H2,10,11,16). The lowest BCUT2D eigenvalue weighted by atomic mass is 10.4. The van der Waals surface area contributed by atoms with E-state index in [2.05, 4.69) is 16.0 Å². The van der Waals surface area contributed by atoms with Crippen LogP contribution in [0.15, 0.2) is 0 Å². The number of hydrogen-bond donors (Lipinski definition) is 4. The first kappa shape index (κ1) is 12.3. The molecule has 7 heteroatoms. The van der Waals surface area contributed by atoms with E-state index in [9.17, 15) is 14.4 Å². The minimum atomic E-state index is -0.980. The Morgan fingerprint density at radius 1 is 1.19 bits per heavy atom. The molecule has 1 aliphatic carbocycles. The highest BCUT2D eigenvalue weighted by molar-refractivity contribution is 5.84. The summed E-state index contributed by atoms with van der Waals surface area (Å²) < 4.78 is 0. The number of hydrogen-bond acceptors (Lipinski definition) is 3. The van der Waals surface area contributed by atoms with Crippen molar-refractivity contribution in [2.45, 2.75) is 25.3 Å². The Kier molecular flexibility index (Phi) is 4.56. The monoisotopic (exact) mass is 229 g/mol. The number of carbonyl (C=O) groups excluding carboxylic acids is 2. The molecule has 1 rings (SSSR count). The normalized spacial score (nSPS) is 14.0. The summed E-state index contributed by atoms with van der Waals surface area (Å²) in [6.45, 7) is -0.0409. The maximum Gasteiger partial charge on any atom is 0.315 e. The summed E-state index contributed by atoms with van der Waals surface area (Å²) in [7, 11) is 0. The van der Waals surface area contributed by atoms with Crippen LogP contribution in [-0.4, -0.2) is 42.1 Å². The molecular weight excluding hydrogens is 214 g/mol. The summed E-state index contributed by atoms with van der Waals surface area (Å²) in [6, 6.07) is -0.267. The summed E-state index contributed by atoms with van der Waals surface area (Å²) in [6.07, 6.45) is 1.86. The highest BCUT2D eigenvalue weighted by Gasteiger charge is 2.23. The summed E-state index contributed by atoms with van der Waals surface area (Å²) in [5, 5.41) is 15.7. The number of carbonyl (C=O) groups is 3. The lowest BCUT2D eigenvalue weighted by molar-refractivity contribution is -0.136. The molecule has 1 fully saturated rings. The molecule has 1 aliphatic rings. The number of nitrogens with one attached hydrogen (secondary N) is 3. The van der Waals surface area contributed by atoms with Gasteiger partial charge in [-0.1, -0.05) is 0 Å². The topological polar surface area (TPSA) is 108 Å². The highest BCUT2D eigenvalue weighted by Crippen LogP contribution is 2.17. The Morgan fingerprint density at radius 3 is 2.44 bits per heavy atom. The lowest BCUT2D eigenvalue weighted by Gasteiger charge is -2.06. The number of aliphatic carboxylic acids is 1. The van der Waals surface area contributed by atoms with Gasteiger partial charge in [-0.15, -0.1) is 0 Å². The highest BCUT2D eigenvalue weighted by atomic mass is 16.4. The maximum atomic E-state index is 11.1. The van der Waals surface area contributed by atoms with Crippen molar-refractivity contribution in [1.82, 2.24) is 16.0 Å². The van der Waals surface area contributed by atoms with E-state index in [1.807, 2.05) is 0 Å². The number of amides is 3. The van der Waals surface area contributed by atoms with Gasteiger partial charge in [-0.3, -0.25) is 9.59 Å². The molecule has 0 unspecified atom stereocenters. The smallest absolute Gasteiger partial charge is 0.315 e. The van der Waals surface area contributed by atoms with Crippen LogP contribution in [0.2, 0.25) is 0 Å². The molecule has 16 heavy (non-hydrogen) atoms. The molecule has 1 saturated carbocycles. The van der Waals surface area contributed by atoms with Gasteiger partial charge in [-0.2, -0.15) is 0 Å². The molecule has 0 radical (unpaired) electrons. The van der Waals surface area contributed by atoms with E-state index >= 15 is 0 Å². The summed E-state index contributed by atoms with van der Waals surface area (Å²) in [5.41, 5.74) is 0. The molecule has 0 saturated heterocycles. The predicted octanol–water partition coefficient (Wildman–Crippen LogP) is -0.961. The van der Waals surface area contributed by atoms with Crippen molar-refractivity contribution in [3.63, 3.8) is 0 Å². The maximum absolute atomic E-state index is 11.1. The zero-order chi connectivity index (χ0) is 12.0. The Balaban J connectivity index is 2.00. The van der Waals surface area contributed by atoms with Gasteiger partial charge in [0.25, 0.3) is 0 Å². The van der Waals surface area contributed by atoms with Gasteiger partial charge in [-0.25, -0.2) is 4.79 Å². The number of urea groups is 1. The second-order valence-electron chi connectivity index (χ2n) is 3.59. The van der Waals surface area contributed by atoms with Crippen molar-refractivity contribution in [2.24, 2.45) is 0 Å². The van der Waals surface area contributed by atoms with Crippen LogP contribution < -0.4 is 16.0 Å². The van der Waals surface area contributed by atoms with Crippen LogP contribution in [0.5, 0.6) is 0 Å². The number of carboxylic acids is 1. The first-order chi connectivity index (χ1) is 7.58. The molecule has 7 nitrogen and oxygen atoms in total. The Bertz CT molecular complexity index is 288. The van der Waals surface area contributed by atoms with Crippen LogP contribution in [0, 0.1) is 0 Å². The minimum absolute atomic E-state index is 0.0470. The van der Waals surface area contributed by atoms with E-state index in [1.165, 1.54) is 0 Å². The first-order valence-electron chi connectivity index (χ1n) is 5.11. The van der Waals surface area contributed by atoms with Gasteiger partial charge < -0.3 is 21.1 Å². The fraction of sp³-hybridized carbons (Fsp3) is 0.667. The molecule has 0 aromatic rings. The molecule has 0 aromatic heterocycles. The third-order valence-electron chi connectivity index (χ3n) is 1.98. The van der Waals surface area contributed by atoms with E-state index < -0.39 is 12.0 Å². The summed E-state index contributed by atoms with van der Waals surface area (Å²) >= 11 is 0. The first-order valence-corrected chi connectivity index (χ1v) is 5.11. The van der Waals surface area contributed by atoms with E-state index in [-0.39, 0.29) is 31.5 Å². The van der Waals surface area contributed by atoms with Crippen LogP contribution in [0.1, 0.15) is 19.3 Å². The quantitative estimate of drug-likeness (QED) is 0.470. The van der Waals surface area contributed by atoms with Crippen LogP contribution in [0.4, 0.5) is 4.79 Å². The van der Waals surface area contributed by atoms with Crippen molar-refractivity contribution in [1.29, 1.82) is 0 Å². The Labute approximate surface area is 92.6 Å². The van der Waals surface area contributed by atoms with Crippen LogP contribution in [0.3, 0.4) is 0 Å². The molecule has 0 atom stereocenters. The zero-order valence-electron chi connectivity index (χ0n) is 8.78. The van der Waals surface area contributed by atoms with Gasteiger partial charge in [0.1, 0.15) is 0 Å². The third kappa shape index (κ3) is 5.84. The SMILES string of the molecule is O=C(O)CCNC(=O)NCC(=O)NC1CC1. The second kappa shape index (κ2) is 5.94. The molecule has 3 amide bonds. The molecule has 0 aromatic carbocycles. The fourth-order valence-corrected chi connectivity index (χ4v) is 1.01.